The minimum Gasteiger partial charge on any atom is -0.481 e. The van der Waals surface area contributed by atoms with Crippen LogP contribution < -0.4 is 5.73 Å². The number of ether oxygens (including phenoxy) is 2. The zero-order valence-corrected chi connectivity index (χ0v) is 32.5. The van der Waals surface area contributed by atoms with Crippen LogP contribution in [0.25, 0.3) is 0 Å². The van der Waals surface area contributed by atoms with Crippen LogP contribution in [-0.2, 0) is 14.3 Å². The van der Waals surface area contributed by atoms with E-state index in [0.717, 1.165) is 38.5 Å². The van der Waals surface area contributed by atoms with Crippen LogP contribution in [0.5, 0.6) is 0 Å². The van der Waals surface area contributed by atoms with Crippen LogP contribution in [0.1, 0.15) is 114 Å². The maximum atomic E-state index is 13.5. The topological polar surface area (TPSA) is 129 Å². The summed E-state index contributed by atoms with van der Waals surface area (Å²) in [5.41, 5.74) is 6.16. The van der Waals surface area contributed by atoms with E-state index in [4.69, 9.17) is 15.2 Å². The Morgan fingerprint density at radius 2 is 1.82 bits per heavy atom. The van der Waals surface area contributed by atoms with Crippen LogP contribution in [0.3, 0.4) is 0 Å². The van der Waals surface area contributed by atoms with Gasteiger partial charge in [-0.05, 0) is 111 Å². The molecular weight excluding hydrogens is 616 g/mol. The van der Waals surface area contributed by atoms with Crippen molar-refractivity contribution in [3.8, 4) is 0 Å². The number of nitrogens with two attached hydrogens (primary N) is 1. The van der Waals surface area contributed by atoms with Gasteiger partial charge in [0.2, 0.25) is 0 Å². The Bertz CT molecular complexity index is 1450. The molecule has 0 radical (unpaired) electrons. The van der Waals surface area contributed by atoms with E-state index < -0.39 is 11.9 Å². The Hall–Kier alpha value is -2.04. The number of nitrogen functional groups attached to an aromatic ring is 1. The third kappa shape index (κ3) is 5.02. The summed E-state index contributed by atoms with van der Waals surface area (Å²) in [6.45, 7) is 24.9. The summed E-state index contributed by atoms with van der Waals surface area (Å²) >= 11 is 0. The van der Waals surface area contributed by atoms with Crippen molar-refractivity contribution in [2.45, 2.75) is 125 Å². The van der Waals surface area contributed by atoms with Crippen molar-refractivity contribution in [3.63, 3.8) is 0 Å². The number of carboxylic acid groups (broad SMARTS) is 1. The predicted molar refractivity (Wildman–Crippen MR) is 192 cm³/mol. The molecule has 1 aromatic rings. The van der Waals surface area contributed by atoms with Gasteiger partial charge in [0.25, 0.3) is 5.95 Å². The van der Waals surface area contributed by atoms with Crippen molar-refractivity contribution >= 4 is 11.9 Å². The average molecular weight is 683 g/mol. The van der Waals surface area contributed by atoms with Crippen molar-refractivity contribution in [2.75, 3.05) is 39.6 Å². The van der Waals surface area contributed by atoms with Gasteiger partial charge < -0.3 is 25.2 Å². The molecule has 0 spiro atoms. The first-order valence-electron chi connectivity index (χ1n) is 19.1. The van der Waals surface area contributed by atoms with Gasteiger partial charge in [0.15, 0.2) is 0 Å². The number of tetrazole rings is 1. The fraction of sp³-hybridized carbons (Fsp3) is 0.897. The minimum absolute atomic E-state index is 0.145. The summed E-state index contributed by atoms with van der Waals surface area (Å²) in [4.78, 5) is 17.5. The molecule has 0 aromatic carbocycles. The number of hydrogen-bond acceptors (Lipinski definition) is 8. The highest BCUT2D eigenvalue weighted by atomic mass is 16.5. The molecule has 2 heterocycles. The Labute approximate surface area is 295 Å². The summed E-state index contributed by atoms with van der Waals surface area (Å²) in [5, 5.41) is 24.3. The number of carbonyl (C=O) groups is 1. The quantitative estimate of drug-likeness (QED) is 0.272. The minimum atomic E-state index is -0.626. The number of hydrogen-bond donors (Lipinski definition) is 2. The molecule has 3 saturated carbocycles. The molecule has 12 atom stereocenters. The molecule has 276 valence electrons. The maximum Gasteiger partial charge on any atom is 0.307 e. The summed E-state index contributed by atoms with van der Waals surface area (Å²) in [5.74, 6) is 0.902. The lowest BCUT2D eigenvalue weighted by Crippen LogP contribution is -2.69. The van der Waals surface area contributed by atoms with Crippen LogP contribution in [0.2, 0.25) is 0 Å². The number of nitrogens with zero attached hydrogens (tertiary/aromatic N) is 5. The van der Waals surface area contributed by atoms with E-state index in [-0.39, 0.29) is 50.7 Å². The van der Waals surface area contributed by atoms with Gasteiger partial charge in [-0.25, -0.2) is 0 Å². The molecule has 49 heavy (non-hydrogen) atoms. The van der Waals surface area contributed by atoms with Crippen LogP contribution in [0, 0.1) is 62.6 Å². The molecule has 1 saturated heterocycles. The molecule has 6 rings (SSSR count). The van der Waals surface area contributed by atoms with E-state index in [2.05, 4.69) is 110 Å². The van der Waals surface area contributed by atoms with E-state index in [0.29, 0.717) is 49.4 Å². The van der Waals surface area contributed by atoms with E-state index in [1.807, 2.05) is 0 Å². The first-order valence-corrected chi connectivity index (χ1v) is 19.1. The number of aliphatic carboxylic acids is 1. The third-order valence-electron chi connectivity index (χ3n) is 16.7. The highest BCUT2D eigenvalue weighted by Gasteiger charge is 2.72. The Balaban J connectivity index is 1.44. The summed E-state index contributed by atoms with van der Waals surface area (Å²) in [7, 11) is 4.27. The molecule has 0 amide bonds. The van der Waals surface area contributed by atoms with E-state index in [9.17, 15) is 9.90 Å². The smallest absolute Gasteiger partial charge is 0.307 e. The number of fused-ring (bicyclic) bond motifs is 3. The van der Waals surface area contributed by atoms with Gasteiger partial charge in [-0.15, -0.1) is 5.10 Å². The van der Waals surface area contributed by atoms with Crippen LogP contribution >= 0.6 is 0 Å². The summed E-state index contributed by atoms with van der Waals surface area (Å²) < 4.78 is 13.9. The number of likely N-dealkylation sites (N-methyl/N-ethyl adjacent to an activating group) is 1. The average Bonchev–Trinajstić information content (AvgIpc) is 3.45. The second-order valence-electron chi connectivity index (χ2n) is 19.2. The van der Waals surface area contributed by atoms with Gasteiger partial charge in [-0.2, -0.15) is 4.80 Å². The van der Waals surface area contributed by atoms with Crippen molar-refractivity contribution in [3.05, 3.63) is 11.6 Å². The summed E-state index contributed by atoms with van der Waals surface area (Å²) in [6.07, 6.45) is 7.97. The standard InChI is InChI=1S/C39H66N6O4/c1-23(2)25(5)34(6)17-18-36(8)26-13-14-29-35(7)20-48-22-39(29,27(26)15-16-37(36,9)30(34)32(46)47)19-28(45-42-33(40)41-43-45)31(35)49-21-38(10,24(3)4)44(11)12/h15,23-26,28-31H,13-14,16-22H2,1-12H3,(H2,40,42)(H,46,47)/t25-,26+,28-,29+,30-,31+,34-,35+,36-,37+,38-,39?/m1/s1. The van der Waals surface area contributed by atoms with Gasteiger partial charge in [-0.3, -0.25) is 4.79 Å². The molecule has 10 nitrogen and oxygen atoms in total. The van der Waals surface area contributed by atoms with Gasteiger partial charge in [0, 0.05) is 16.4 Å². The normalized spacial score (nSPS) is 43.7. The Morgan fingerprint density at radius 1 is 1.12 bits per heavy atom. The van der Waals surface area contributed by atoms with Gasteiger partial charge in [-0.1, -0.05) is 79.1 Å². The molecule has 5 aliphatic rings. The van der Waals surface area contributed by atoms with Crippen LogP contribution in [0.15, 0.2) is 11.6 Å². The lowest BCUT2D eigenvalue weighted by molar-refractivity contribution is -0.256. The maximum absolute atomic E-state index is 13.5. The second-order valence-corrected chi connectivity index (χ2v) is 19.2. The van der Waals surface area contributed by atoms with Crippen molar-refractivity contribution < 1.29 is 19.4 Å². The lowest BCUT2D eigenvalue weighted by Gasteiger charge is -2.71. The van der Waals surface area contributed by atoms with Crippen molar-refractivity contribution in [1.82, 2.24) is 25.1 Å². The first-order chi connectivity index (χ1) is 22.7. The van der Waals surface area contributed by atoms with Crippen LogP contribution in [-0.4, -0.2) is 81.7 Å². The highest BCUT2D eigenvalue weighted by molar-refractivity contribution is 5.73. The monoisotopic (exact) mass is 683 g/mol. The number of anilines is 1. The lowest BCUT2D eigenvalue weighted by atomic mass is 9.34. The van der Waals surface area contributed by atoms with Crippen molar-refractivity contribution in [1.29, 1.82) is 0 Å². The Morgan fingerprint density at radius 3 is 2.39 bits per heavy atom. The molecule has 3 N–H and O–H groups in total. The second kappa shape index (κ2) is 12.0. The summed E-state index contributed by atoms with van der Waals surface area (Å²) in [6, 6.07) is -0.164. The Kier molecular flexibility index (Phi) is 9.00. The number of allylic oxidation sites excluding steroid dienone is 1. The van der Waals surface area contributed by atoms with E-state index in [1.165, 1.54) is 5.57 Å². The molecule has 1 aliphatic heterocycles. The zero-order chi connectivity index (χ0) is 36.1. The fourth-order valence-electron chi connectivity index (χ4n) is 12.6. The number of aromatic nitrogens is 4. The van der Waals surface area contributed by atoms with Gasteiger partial charge in [0.05, 0.1) is 31.8 Å². The number of carboxylic acids is 1. The molecule has 1 aromatic heterocycles. The largest absolute Gasteiger partial charge is 0.481 e. The molecular formula is C39H66N6O4. The third-order valence-corrected chi connectivity index (χ3v) is 16.7. The van der Waals surface area contributed by atoms with Crippen molar-refractivity contribution in [2.24, 2.45) is 62.6 Å². The predicted octanol–water partition coefficient (Wildman–Crippen LogP) is 6.75. The first kappa shape index (κ1) is 36.7. The molecule has 2 bridgehead atoms. The van der Waals surface area contributed by atoms with Crippen LogP contribution in [0.4, 0.5) is 5.95 Å². The highest BCUT2D eigenvalue weighted by Crippen LogP contribution is 2.75. The molecule has 1 unspecified atom stereocenters. The van der Waals surface area contributed by atoms with Gasteiger partial charge >= 0.3 is 5.97 Å². The SMILES string of the molecule is CC(C)[C@@H](C)[C@@]1(C)CC[C@]2(C)[C@H]3CC[C@@H]4C5(COC[C@]4(C)[C@@H](OC[C@](C)(C(C)C)N(C)C)[C@H](n4nnc(N)n4)C5)C3=CC[C@@]2(C)[C@@H]1C(=O)O. The van der Waals surface area contributed by atoms with E-state index in [1.54, 1.807) is 4.80 Å². The zero-order valence-electron chi connectivity index (χ0n) is 32.5. The molecule has 4 fully saturated rings. The van der Waals surface area contributed by atoms with E-state index >= 15 is 0 Å². The fourth-order valence-corrected chi connectivity index (χ4v) is 12.6. The van der Waals surface area contributed by atoms with Gasteiger partial charge in [0.1, 0.15) is 6.04 Å². The molecule has 10 heteroatoms. The molecule has 4 aliphatic carbocycles. The number of rotatable bonds is 9.